The highest BCUT2D eigenvalue weighted by molar-refractivity contribution is 6.22. The smallest absolute Gasteiger partial charge is 0.262 e. The molecule has 4 heterocycles. The molecule has 8 heteroatoms. The minimum atomic E-state index is -0.993. The third-order valence-electron chi connectivity index (χ3n) is 8.97. The van der Waals surface area contributed by atoms with E-state index in [0.29, 0.717) is 16.8 Å². The summed E-state index contributed by atoms with van der Waals surface area (Å²) in [5.41, 5.74) is 6.75. The van der Waals surface area contributed by atoms with Crippen LogP contribution in [0.1, 0.15) is 57.3 Å². The Morgan fingerprint density at radius 1 is 0.795 bits per heavy atom. The van der Waals surface area contributed by atoms with Crippen LogP contribution in [0.4, 0.5) is 0 Å². The second-order valence-electron chi connectivity index (χ2n) is 12.4. The highest BCUT2D eigenvalue weighted by atomic mass is 16.3. The molecule has 0 atom stereocenters. The van der Waals surface area contributed by atoms with Gasteiger partial charge in [0.15, 0.2) is 11.3 Å². The number of imide groups is 1. The number of hydrogen-bond acceptors (Lipinski definition) is 6. The number of aryl methyl sites for hydroxylation is 2. The maximum Gasteiger partial charge on any atom is 0.262 e. The molecule has 2 aliphatic rings. The number of nitrogens with zero attached hydrogens (tertiary/aromatic N) is 5. The Morgan fingerprint density at radius 2 is 1.50 bits per heavy atom. The fourth-order valence-corrected chi connectivity index (χ4v) is 7.12. The molecule has 216 valence electrons. The summed E-state index contributed by atoms with van der Waals surface area (Å²) < 4.78 is 1.77. The number of benzene rings is 3. The molecule has 8 rings (SSSR count). The average Bonchev–Trinajstić information content (AvgIpc) is 3.51. The van der Waals surface area contributed by atoms with E-state index in [1.165, 1.54) is 4.90 Å². The number of aliphatic hydroxyl groups is 1. The molecular weight excluding hydrogens is 550 g/mol. The van der Waals surface area contributed by atoms with Crippen LogP contribution in [0.15, 0.2) is 91.1 Å². The molecule has 1 fully saturated rings. The summed E-state index contributed by atoms with van der Waals surface area (Å²) in [4.78, 5) is 38.3. The van der Waals surface area contributed by atoms with Gasteiger partial charge in [0.05, 0.1) is 33.7 Å². The zero-order valence-corrected chi connectivity index (χ0v) is 24.6. The third kappa shape index (κ3) is 3.84. The van der Waals surface area contributed by atoms with E-state index in [1.54, 1.807) is 35.7 Å². The second-order valence-corrected chi connectivity index (χ2v) is 12.4. The molecule has 1 N–H and O–H groups in total. The maximum atomic E-state index is 13.6. The fraction of sp³-hybridized carbons (Fsp3) is 0.194. The predicted molar refractivity (Wildman–Crippen MR) is 167 cm³/mol. The molecule has 2 amide bonds. The average molecular weight is 580 g/mol. The van der Waals surface area contributed by atoms with Gasteiger partial charge in [0, 0.05) is 41.6 Å². The Hall–Kier alpha value is -5.21. The van der Waals surface area contributed by atoms with Gasteiger partial charge in [0.2, 0.25) is 0 Å². The van der Waals surface area contributed by atoms with E-state index in [9.17, 15) is 14.7 Å². The Labute approximate surface area is 253 Å². The molecule has 3 aromatic heterocycles. The summed E-state index contributed by atoms with van der Waals surface area (Å²) in [7, 11) is 0. The van der Waals surface area contributed by atoms with Crippen LogP contribution in [0.2, 0.25) is 0 Å². The number of carbonyl (C=O) groups is 2. The van der Waals surface area contributed by atoms with Crippen molar-refractivity contribution in [2.75, 3.05) is 0 Å². The lowest BCUT2D eigenvalue weighted by atomic mass is 9.61. The van der Waals surface area contributed by atoms with E-state index >= 15 is 0 Å². The third-order valence-corrected chi connectivity index (χ3v) is 8.97. The van der Waals surface area contributed by atoms with Gasteiger partial charge in [0.25, 0.3) is 11.8 Å². The van der Waals surface area contributed by atoms with Crippen molar-refractivity contribution in [3.8, 4) is 22.4 Å². The monoisotopic (exact) mass is 579 g/mol. The first-order valence-corrected chi connectivity index (χ1v) is 14.7. The molecule has 1 aliphatic heterocycles. The molecule has 44 heavy (non-hydrogen) atoms. The van der Waals surface area contributed by atoms with Crippen molar-refractivity contribution < 1.29 is 14.7 Å². The van der Waals surface area contributed by atoms with Crippen LogP contribution >= 0.6 is 0 Å². The zero-order chi connectivity index (χ0) is 30.4. The Balaban J connectivity index is 1.28. The number of pyridine rings is 1. The highest BCUT2D eigenvalue weighted by Gasteiger charge is 2.60. The summed E-state index contributed by atoms with van der Waals surface area (Å²) in [6.07, 6.45) is 2.35. The maximum absolute atomic E-state index is 13.6. The standard InChI is InChI=1S/C36H29N5O3/c1-21-7-6-8-24(15-21)29-17-25-18-37-30-16-22(2)39-41(30)32(25)38-31(29)23-11-13-26(14-12-23)36(19-35(3,44)20-36)40-33(42)27-9-4-5-10-28(27)34(40)43/h4-18,44H,19-20H2,1-3H3. The van der Waals surface area contributed by atoms with Crippen molar-refractivity contribution in [2.24, 2.45) is 0 Å². The van der Waals surface area contributed by atoms with Gasteiger partial charge < -0.3 is 5.11 Å². The molecule has 8 nitrogen and oxygen atoms in total. The molecular formula is C36H29N5O3. The van der Waals surface area contributed by atoms with E-state index in [1.807, 2.05) is 49.5 Å². The van der Waals surface area contributed by atoms with Gasteiger partial charge in [-0.1, -0.05) is 66.2 Å². The van der Waals surface area contributed by atoms with Crippen molar-refractivity contribution in [1.82, 2.24) is 24.5 Å². The summed E-state index contributed by atoms with van der Waals surface area (Å²) in [6.45, 7) is 5.75. The Morgan fingerprint density at radius 3 is 2.16 bits per heavy atom. The van der Waals surface area contributed by atoms with Gasteiger partial charge in [-0.2, -0.15) is 9.61 Å². The normalized spacial score (nSPS) is 21.2. The van der Waals surface area contributed by atoms with E-state index in [4.69, 9.17) is 4.98 Å². The van der Waals surface area contributed by atoms with Crippen molar-refractivity contribution in [1.29, 1.82) is 0 Å². The van der Waals surface area contributed by atoms with Crippen LogP contribution in [-0.4, -0.2) is 47.0 Å². The molecule has 0 bridgehead atoms. The minimum Gasteiger partial charge on any atom is -0.390 e. The van der Waals surface area contributed by atoms with Gasteiger partial charge in [-0.25, -0.2) is 9.97 Å². The van der Waals surface area contributed by atoms with Gasteiger partial charge in [-0.3, -0.25) is 14.5 Å². The number of rotatable bonds is 4. The lowest BCUT2D eigenvalue weighted by Crippen LogP contribution is -2.63. The number of fused-ring (bicyclic) bond motifs is 4. The molecule has 3 aromatic carbocycles. The predicted octanol–water partition coefficient (Wildman–Crippen LogP) is 6.26. The first kappa shape index (κ1) is 26.4. The number of hydrogen-bond donors (Lipinski definition) is 1. The van der Waals surface area contributed by atoms with Gasteiger partial charge in [0.1, 0.15) is 0 Å². The SMILES string of the molecule is Cc1cccc(-c2cc3cnc4cc(C)nn4c3nc2-c2ccc(C3(N4C(=O)c5ccccc5C4=O)CC(C)(O)C3)cc2)c1. The molecule has 0 saturated heterocycles. The van der Waals surface area contributed by atoms with Crippen LogP contribution in [0.5, 0.6) is 0 Å². The van der Waals surface area contributed by atoms with Gasteiger partial charge in [-0.05, 0) is 50.1 Å². The van der Waals surface area contributed by atoms with E-state index in [-0.39, 0.29) is 24.7 Å². The Bertz CT molecular complexity index is 2140. The quantitative estimate of drug-likeness (QED) is 0.247. The van der Waals surface area contributed by atoms with Crippen LogP contribution in [0.25, 0.3) is 39.1 Å². The molecule has 6 aromatic rings. The Kier molecular flexibility index (Phi) is 5.49. The first-order valence-electron chi connectivity index (χ1n) is 14.7. The lowest BCUT2D eigenvalue weighted by Gasteiger charge is -2.55. The van der Waals surface area contributed by atoms with Crippen LogP contribution in [-0.2, 0) is 5.54 Å². The largest absolute Gasteiger partial charge is 0.390 e. The summed E-state index contributed by atoms with van der Waals surface area (Å²) in [5.74, 6) is -0.648. The minimum absolute atomic E-state index is 0.261. The number of aromatic nitrogens is 4. The summed E-state index contributed by atoms with van der Waals surface area (Å²) >= 11 is 0. The van der Waals surface area contributed by atoms with Crippen molar-refractivity contribution >= 4 is 28.5 Å². The lowest BCUT2D eigenvalue weighted by molar-refractivity contribution is -0.118. The number of amides is 2. The van der Waals surface area contributed by atoms with E-state index in [2.05, 4.69) is 41.3 Å². The second kappa shape index (κ2) is 9.14. The molecule has 0 radical (unpaired) electrons. The summed E-state index contributed by atoms with van der Waals surface area (Å²) in [6, 6.07) is 27.2. The van der Waals surface area contributed by atoms with Gasteiger partial charge >= 0.3 is 0 Å². The zero-order valence-electron chi connectivity index (χ0n) is 24.6. The fourth-order valence-electron chi connectivity index (χ4n) is 7.12. The molecule has 0 spiro atoms. The van der Waals surface area contributed by atoms with Crippen molar-refractivity contribution in [3.05, 3.63) is 119 Å². The first-order chi connectivity index (χ1) is 21.1. The van der Waals surface area contributed by atoms with Gasteiger partial charge in [-0.15, -0.1) is 0 Å². The van der Waals surface area contributed by atoms with Crippen molar-refractivity contribution in [2.45, 2.75) is 44.8 Å². The topological polar surface area (TPSA) is 101 Å². The van der Waals surface area contributed by atoms with E-state index in [0.717, 1.165) is 50.2 Å². The van der Waals surface area contributed by atoms with E-state index < -0.39 is 11.1 Å². The van der Waals surface area contributed by atoms with Crippen LogP contribution in [0.3, 0.4) is 0 Å². The van der Waals surface area contributed by atoms with Crippen LogP contribution in [0, 0.1) is 13.8 Å². The molecule has 1 saturated carbocycles. The van der Waals surface area contributed by atoms with Crippen molar-refractivity contribution in [3.63, 3.8) is 0 Å². The highest BCUT2D eigenvalue weighted by Crippen LogP contribution is 2.54. The summed E-state index contributed by atoms with van der Waals surface area (Å²) in [5, 5.41) is 16.4. The molecule has 0 unspecified atom stereocenters. The number of carbonyl (C=O) groups excluding carboxylic acids is 2. The molecule has 1 aliphatic carbocycles. The van der Waals surface area contributed by atoms with Crippen LogP contribution < -0.4 is 0 Å².